The minimum atomic E-state index is -0.724. The van der Waals surface area contributed by atoms with Gasteiger partial charge in [0.25, 0.3) is 5.91 Å². The molecule has 0 spiro atoms. The number of amides is 1. The molecule has 3 rings (SSSR count). The minimum absolute atomic E-state index is 0.0999. The van der Waals surface area contributed by atoms with Crippen molar-refractivity contribution in [1.82, 2.24) is 10.3 Å². The highest BCUT2D eigenvalue weighted by molar-refractivity contribution is 6.33. The van der Waals surface area contributed by atoms with Crippen LogP contribution in [0.4, 0.5) is 5.82 Å². The number of ether oxygens (including phenoxy) is 1. The Balaban J connectivity index is 1.59. The Morgan fingerprint density at radius 1 is 1.24 bits per heavy atom. The topological polar surface area (TPSA) is 101 Å². The van der Waals surface area contributed by atoms with Crippen molar-refractivity contribution in [3.8, 4) is 5.75 Å². The lowest BCUT2D eigenvalue weighted by molar-refractivity contribution is -0.143. The summed E-state index contributed by atoms with van der Waals surface area (Å²) in [5.41, 5.74) is 2.61. The molecule has 0 bridgehead atoms. The molecule has 2 aromatic rings. The van der Waals surface area contributed by atoms with Crippen molar-refractivity contribution in [1.29, 1.82) is 0 Å². The number of carboxylic acids is 1. The smallest absolute Gasteiger partial charge is 0.306 e. The molecule has 1 heterocycles. The lowest BCUT2D eigenvalue weighted by atomic mass is 9.82. The molecule has 1 amide bonds. The van der Waals surface area contributed by atoms with Crippen LogP contribution in [0.1, 0.15) is 67.1 Å². The van der Waals surface area contributed by atoms with Crippen LogP contribution in [-0.4, -0.2) is 35.6 Å². The van der Waals surface area contributed by atoms with Gasteiger partial charge in [0.1, 0.15) is 11.6 Å². The van der Waals surface area contributed by atoms with Gasteiger partial charge in [-0.1, -0.05) is 30.7 Å². The van der Waals surface area contributed by atoms with E-state index in [0.717, 1.165) is 30.6 Å². The van der Waals surface area contributed by atoms with Crippen molar-refractivity contribution < 1.29 is 19.4 Å². The number of hydrogen-bond donors (Lipinski definition) is 3. The SMILES string of the molecule is CCc1ccc(OC)c(C(C)Nc2ncc(C(=O)NC[C@H]3CC[C@H](C(=O)O)CC3)cc2Cl)c1. The van der Waals surface area contributed by atoms with Gasteiger partial charge in [0.2, 0.25) is 0 Å². The van der Waals surface area contributed by atoms with Crippen LogP contribution < -0.4 is 15.4 Å². The zero-order valence-electron chi connectivity index (χ0n) is 19.4. The summed E-state index contributed by atoms with van der Waals surface area (Å²) >= 11 is 6.44. The number of aliphatic carboxylic acids is 1. The summed E-state index contributed by atoms with van der Waals surface area (Å²) in [7, 11) is 1.65. The van der Waals surface area contributed by atoms with Crippen molar-refractivity contribution in [2.45, 2.75) is 52.0 Å². The Hall–Kier alpha value is -2.80. The highest BCUT2D eigenvalue weighted by Crippen LogP contribution is 2.31. The predicted octanol–water partition coefficient (Wildman–Crippen LogP) is 5.10. The van der Waals surface area contributed by atoms with Crippen LogP contribution in [0.5, 0.6) is 5.75 Å². The molecule has 1 atom stereocenters. The number of carbonyl (C=O) groups excluding carboxylic acids is 1. The summed E-state index contributed by atoms with van der Waals surface area (Å²) in [4.78, 5) is 28.0. The number of aromatic nitrogens is 1. The fraction of sp³-hybridized carbons (Fsp3) is 0.480. The number of halogens is 1. The van der Waals surface area contributed by atoms with E-state index < -0.39 is 5.97 Å². The maximum absolute atomic E-state index is 12.6. The Labute approximate surface area is 199 Å². The van der Waals surface area contributed by atoms with E-state index in [-0.39, 0.29) is 17.9 Å². The van der Waals surface area contributed by atoms with Crippen LogP contribution in [0.3, 0.4) is 0 Å². The molecule has 1 saturated carbocycles. The minimum Gasteiger partial charge on any atom is -0.496 e. The molecule has 7 nitrogen and oxygen atoms in total. The summed E-state index contributed by atoms with van der Waals surface area (Å²) in [6.07, 6.45) is 5.37. The van der Waals surface area contributed by atoms with Gasteiger partial charge in [0, 0.05) is 18.3 Å². The van der Waals surface area contributed by atoms with E-state index in [2.05, 4.69) is 28.6 Å². The molecule has 178 valence electrons. The monoisotopic (exact) mass is 473 g/mol. The van der Waals surface area contributed by atoms with E-state index in [1.54, 1.807) is 13.2 Å². The number of carboxylic acid groups (broad SMARTS) is 1. The molecule has 1 aliphatic rings. The first-order chi connectivity index (χ1) is 15.8. The summed E-state index contributed by atoms with van der Waals surface area (Å²) in [5, 5.41) is 15.7. The lowest BCUT2D eigenvalue weighted by Crippen LogP contribution is -2.32. The zero-order valence-corrected chi connectivity index (χ0v) is 20.1. The van der Waals surface area contributed by atoms with E-state index in [1.807, 2.05) is 19.1 Å². The van der Waals surface area contributed by atoms with Gasteiger partial charge in [-0.15, -0.1) is 0 Å². The average molecular weight is 474 g/mol. The molecule has 0 saturated heterocycles. The van der Waals surface area contributed by atoms with Crippen molar-refractivity contribution in [3.63, 3.8) is 0 Å². The quantitative estimate of drug-likeness (QED) is 0.468. The number of aryl methyl sites for hydroxylation is 1. The highest BCUT2D eigenvalue weighted by Gasteiger charge is 2.26. The zero-order chi connectivity index (χ0) is 24.0. The van der Waals surface area contributed by atoms with Gasteiger partial charge in [0.05, 0.1) is 29.7 Å². The summed E-state index contributed by atoms with van der Waals surface area (Å²) in [5.74, 6) is 0.364. The molecule has 0 aliphatic heterocycles. The Morgan fingerprint density at radius 3 is 2.58 bits per heavy atom. The maximum Gasteiger partial charge on any atom is 0.306 e. The number of benzene rings is 1. The Kier molecular flexibility index (Phi) is 8.55. The normalized spacial score (nSPS) is 18.9. The van der Waals surface area contributed by atoms with Crippen LogP contribution in [0, 0.1) is 11.8 Å². The van der Waals surface area contributed by atoms with Crippen molar-refractivity contribution >= 4 is 29.3 Å². The second-order valence-electron chi connectivity index (χ2n) is 8.62. The molecule has 1 fully saturated rings. The maximum atomic E-state index is 12.6. The second kappa shape index (κ2) is 11.4. The number of nitrogens with one attached hydrogen (secondary N) is 2. The van der Waals surface area contributed by atoms with Crippen molar-refractivity contribution in [2.75, 3.05) is 19.0 Å². The standard InChI is InChI=1S/C25H32ClN3O4/c1-4-16-7-10-22(33-3)20(11-16)15(2)29-23-21(26)12-19(14-27-23)24(30)28-13-17-5-8-18(9-6-17)25(31)32/h7,10-12,14-15,17-18H,4-6,8-9,13H2,1-3H3,(H,27,29)(H,28,30)(H,31,32)/t15?,17-,18-. The summed E-state index contributed by atoms with van der Waals surface area (Å²) in [6, 6.07) is 7.63. The lowest BCUT2D eigenvalue weighted by Gasteiger charge is -2.26. The largest absolute Gasteiger partial charge is 0.496 e. The molecule has 33 heavy (non-hydrogen) atoms. The predicted molar refractivity (Wildman–Crippen MR) is 129 cm³/mol. The van der Waals surface area contributed by atoms with Crippen LogP contribution >= 0.6 is 11.6 Å². The van der Waals surface area contributed by atoms with Crippen molar-refractivity contribution in [3.05, 3.63) is 52.2 Å². The third kappa shape index (κ3) is 6.38. The first-order valence-electron chi connectivity index (χ1n) is 11.4. The first kappa shape index (κ1) is 24.8. The number of anilines is 1. The molecule has 1 unspecified atom stereocenters. The summed E-state index contributed by atoms with van der Waals surface area (Å²) < 4.78 is 5.50. The molecular weight excluding hydrogens is 442 g/mol. The Bertz CT molecular complexity index is 990. The molecule has 1 aliphatic carbocycles. The number of rotatable bonds is 9. The molecule has 3 N–H and O–H groups in total. The number of carbonyl (C=O) groups is 2. The number of hydrogen-bond acceptors (Lipinski definition) is 5. The van der Waals surface area contributed by atoms with Gasteiger partial charge < -0.3 is 20.5 Å². The van der Waals surface area contributed by atoms with Gasteiger partial charge in [0.15, 0.2) is 0 Å². The molecule has 8 heteroatoms. The third-order valence-corrected chi connectivity index (χ3v) is 6.66. The Morgan fingerprint density at radius 2 is 1.97 bits per heavy atom. The van der Waals surface area contributed by atoms with Crippen LogP contribution in [0.2, 0.25) is 5.02 Å². The number of nitrogens with zero attached hydrogens (tertiary/aromatic N) is 1. The summed E-state index contributed by atoms with van der Waals surface area (Å²) in [6.45, 7) is 4.63. The van der Waals surface area contributed by atoms with Crippen molar-refractivity contribution in [2.24, 2.45) is 11.8 Å². The van der Waals surface area contributed by atoms with E-state index in [1.165, 1.54) is 11.8 Å². The van der Waals surface area contributed by atoms with Crippen LogP contribution in [0.25, 0.3) is 0 Å². The van der Waals surface area contributed by atoms with Crippen LogP contribution in [0.15, 0.2) is 30.5 Å². The highest BCUT2D eigenvalue weighted by atomic mass is 35.5. The second-order valence-corrected chi connectivity index (χ2v) is 9.02. The van der Waals surface area contributed by atoms with Gasteiger partial charge >= 0.3 is 5.97 Å². The van der Waals surface area contributed by atoms with Gasteiger partial charge in [-0.05, 0) is 62.6 Å². The van der Waals surface area contributed by atoms with Gasteiger partial charge in [-0.25, -0.2) is 4.98 Å². The van der Waals surface area contributed by atoms with E-state index in [4.69, 9.17) is 21.4 Å². The molecule has 1 aromatic heterocycles. The fourth-order valence-electron chi connectivity index (χ4n) is 4.25. The van der Waals surface area contributed by atoms with E-state index >= 15 is 0 Å². The molecule has 0 radical (unpaired) electrons. The van der Waals surface area contributed by atoms with Gasteiger partial charge in [-0.3, -0.25) is 9.59 Å². The molecular formula is C25H32ClN3O4. The molecule has 1 aromatic carbocycles. The number of methoxy groups -OCH3 is 1. The fourth-order valence-corrected chi connectivity index (χ4v) is 4.47. The average Bonchev–Trinajstić information content (AvgIpc) is 2.83. The van der Waals surface area contributed by atoms with Gasteiger partial charge in [-0.2, -0.15) is 0 Å². The third-order valence-electron chi connectivity index (χ3n) is 6.37. The van der Waals surface area contributed by atoms with E-state index in [9.17, 15) is 9.59 Å². The first-order valence-corrected chi connectivity index (χ1v) is 11.8. The van der Waals surface area contributed by atoms with Crippen LogP contribution in [-0.2, 0) is 11.2 Å². The van der Waals surface area contributed by atoms with E-state index in [0.29, 0.717) is 41.7 Å². The number of pyridine rings is 1.